The minimum Gasteiger partial charge on any atom is -0.497 e. The van der Waals surface area contributed by atoms with Gasteiger partial charge in [-0.2, -0.15) is 9.97 Å². The van der Waals surface area contributed by atoms with E-state index in [1.807, 2.05) is 0 Å². The molecule has 1 aromatic carbocycles. The number of methoxy groups -OCH3 is 1. The summed E-state index contributed by atoms with van der Waals surface area (Å²) in [5, 5.41) is 43.0. The molecule has 3 heterocycles. The molecule has 0 spiro atoms. The smallest absolute Gasteiger partial charge is 0.226 e. The number of nitrogens with zero attached hydrogens (tertiary/aromatic N) is 4. The lowest BCUT2D eigenvalue weighted by atomic mass is 10.1. The van der Waals surface area contributed by atoms with Gasteiger partial charge in [-0.1, -0.05) is 12.1 Å². The number of hydrogen-bond acceptors (Lipinski definition) is 11. The predicted octanol–water partition coefficient (Wildman–Crippen LogP) is -0.826. The number of nitrogens with one attached hydrogen (secondary N) is 1. The number of nitrogens with two attached hydrogens (primary N) is 1. The van der Waals surface area contributed by atoms with Crippen molar-refractivity contribution in [3.8, 4) is 5.75 Å². The summed E-state index contributed by atoms with van der Waals surface area (Å²) in [6, 6.07) is 7.00. The zero-order valence-corrected chi connectivity index (χ0v) is 16.7. The second-order valence-electron chi connectivity index (χ2n) is 7.16. The van der Waals surface area contributed by atoms with E-state index >= 15 is 0 Å². The average Bonchev–Trinajstić information content (AvgIpc) is 3.33. The number of ether oxygens (including phenoxy) is 2. The number of aliphatic hydroxyl groups is 4. The molecule has 31 heavy (non-hydrogen) atoms. The number of nitrogen functional groups attached to an aromatic ring is 1. The zero-order valence-electron chi connectivity index (χ0n) is 16.7. The number of aromatic nitrogens is 4. The van der Waals surface area contributed by atoms with Gasteiger partial charge in [-0.25, -0.2) is 4.98 Å². The first kappa shape index (κ1) is 21.2. The van der Waals surface area contributed by atoms with Crippen LogP contribution in [0.15, 0.2) is 30.6 Å². The maximum atomic E-state index is 10.4. The van der Waals surface area contributed by atoms with E-state index in [1.165, 1.54) is 10.9 Å². The second-order valence-corrected chi connectivity index (χ2v) is 7.16. The highest BCUT2D eigenvalue weighted by Gasteiger charge is 2.44. The molecule has 5 atom stereocenters. The van der Waals surface area contributed by atoms with Gasteiger partial charge < -0.3 is 41.0 Å². The maximum Gasteiger partial charge on any atom is 0.226 e. The number of rotatable bonds is 7. The van der Waals surface area contributed by atoms with E-state index in [-0.39, 0.29) is 24.0 Å². The third-order valence-electron chi connectivity index (χ3n) is 5.19. The number of fused-ring (bicyclic) bond motifs is 1. The molecule has 1 fully saturated rings. The Kier molecular flexibility index (Phi) is 5.89. The minimum atomic E-state index is -1.29. The second kappa shape index (κ2) is 8.61. The van der Waals surface area contributed by atoms with E-state index in [9.17, 15) is 20.4 Å². The molecule has 1 aliphatic heterocycles. The van der Waals surface area contributed by atoms with Crippen LogP contribution in [0, 0.1) is 0 Å². The van der Waals surface area contributed by atoms with Crippen LogP contribution in [-0.4, -0.2) is 78.5 Å². The molecule has 12 heteroatoms. The van der Waals surface area contributed by atoms with Crippen molar-refractivity contribution in [1.29, 1.82) is 0 Å². The molecule has 2 aromatic heterocycles. The van der Waals surface area contributed by atoms with Crippen molar-refractivity contribution in [2.75, 3.05) is 31.3 Å². The largest absolute Gasteiger partial charge is 0.497 e. The summed E-state index contributed by atoms with van der Waals surface area (Å²) in [6.07, 6.45) is -3.97. The van der Waals surface area contributed by atoms with E-state index in [4.69, 9.17) is 15.2 Å². The highest BCUT2D eigenvalue weighted by atomic mass is 16.6. The number of anilines is 2. The van der Waals surface area contributed by atoms with Crippen molar-refractivity contribution in [2.45, 2.75) is 30.6 Å². The Labute approximate surface area is 176 Å². The van der Waals surface area contributed by atoms with E-state index < -0.39 is 37.3 Å². The summed E-state index contributed by atoms with van der Waals surface area (Å²) in [4.78, 5) is 12.7. The summed E-state index contributed by atoms with van der Waals surface area (Å²) in [6.45, 7) is -0.339. The van der Waals surface area contributed by atoms with Gasteiger partial charge in [0.15, 0.2) is 17.7 Å². The lowest BCUT2D eigenvalue weighted by Crippen LogP contribution is -2.33. The molecule has 4 rings (SSSR count). The van der Waals surface area contributed by atoms with Gasteiger partial charge in [0.05, 0.1) is 26.1 Å². The summed E-state index contributed by atoms with van der Waals surface area (Å²) in [7, 11) is 1.57. The summed E-state index contributed by atoms with van der Waals surface area (Å²) in [5.74, 6) is 0.923. The topological polar surface area (TPSA) is 181 Å². The molecule has 166 valence electrons. The molecule has 0 aliphatic carbocycles. The van der Waals surface area contributed by atoms with Crippen LogP contribution in [-0.2, 0) is 4.74 Å². The fourth-order valence-electron chi connectivity index (χ4n) is 3.45. The predicted molar refractivity (Wildman–Crippen MR) is 109 cm³/mol. The third kappa shape index (κ3) is 3.98. The van der Waals surface area contributed by atoms with Gasteiger partial charge in [0, 0.05) is 6.54 Å². The fraction of sp³-hybridized carbons (Fsp3) is 0.421. The zero-order chi connectivity index (χ0) is 22.1. The Balaban J connectivity index is 1.55. The van der Waals surface area contributed by atoms with Crippen molar-refractivity contribution < 1.29 is 29.9 Å². The van der Waals surface area contributed by atoms with Gasteiger partial charge in [-0.3, -0.25) is 4.57 Å². The van der Waals surface area contributed by atoms with Crippen molar-refractivity contribution >= 4 is 22.9 Å². The molecule has 0 amide bonds. The van der Waals surface area contributed by atoms with Crippen molar-refractivity contribution in [3.63, 3.8) is 0 Å². The summed E-state index contributed by atoms with van der Waals surface area (Å²) < 4.78 is 12.1. The molecule has 1 aliphatic rings. The van der Waals surface area contributed by atoms with Gasteiger partial charge in [-0.15, -0.1) is 0 Å². The first-order valence-electron chi connectivity index (χ1n) is 9.61. The fourth-order valence-corrected chi connectivity index (χ4v) is 3.45. The standard InChI is InChI=1S/C19H24N6O6/c1-30-10-4-2-9(3-5-10)11(27)6-21-19-23-16(20)13-17(24-19)25(8-22-13)18-15(29)14(28)12(7-26)31-18/h2-5,8,11-12,14-15,18,26-29H,6-7H2,1H3,(H3,20,21,23,24)/t11?,12-,14?,15?,18-/m1/s1. The van der Waals surface area contributed by atoms with Gasteiger partial charge >= 0.3 is 0 Å². The minimum absolute atomic E-state index is 0.0944. The number of hydrogen-bond donors (Lipinski definition) is 6. The molecular weight excluding hydrogens is 408 g/mol. The molecule has 0 radical (unpaired) electrons. The van der Waals surface area contributed by atoms with Gasteiger partial charge in [0.2, 0.25) is 5.95 Å². The number of aliphatic hydroxyl groups excluding tert-OH is 4. The van der Waals surface area contributed by atoms with Crippen LogP contribution in [0.1, 0.15) is 17.9 Å². The monoisotopic (exact) mass is 432 g/mol. The van der Waals surface area contributed by atoms with E-state index in [2.05, 4.69) is 20.3 Å². The Bertz CT molecular complexity index is 1040. The lowest BCUT2D eigenvalue weighted by Gasteiger charge is -2.17. The third-order valence-corrected chi connectivity index (χ3v) is 5.19. The van der Waals surface area contributed by atoms with Crippen LogP contribution in [0.4, 0.5) is 11.8 Å². The Morgan fingerprint density at radius 1 is 1.23 bits per heavy atom. The summed E-state index contributed by atoms with van der Waals surface area (Å²) >= 11 is 0. The van der Waals surface area contributed by atoms with E-state index in [0.717, 1.165) is 0 Å². The molecule has 0 saturated carbocycles. The maximum absolute atomic E-state index is 10.4. The number of benzene rings is 1. The van der Waals surface area contributed by atoms with Crippen molar-refractivity contribution in [3.05, 3.63) is 36.2 Å². The molecule has 12 nitrogen and oxygen atoms in total. The van der Waals surface area contributed by atoms with Crippen LogP contribution in [0.2, 0.25) is 0 Å². The molecule has 3 aromatic rings. The number of imidazole rings is 1. The average molecular weight is 432 g/mol. The molecule has 1 saturated heterocycles. The Hall–Kier alpha value is -3.03. The van der Waals surface area contributed by atoms with Gasteiger partial charge in [-0.05, 0) is 17.7 Å². The van der Waals surface area contributed by atoms with Crippen LogP contribution < -0.4 is 15.8 Å². The highest BCUT2D eigenvalue weighted by molar-refractivity contribution is 5.83. The van der Waals surface area contributed by atoms with Crippen LogP contribution in [0.5, 0.6) is 5.75 Å². The molecule has 0 bridgehead atoms. The van der Waals surface area contributed by atoms with Crippen LogP contribution in [0.3, 0.4) is 0 Å². The Morgan fingerprint density at radius 2 is 1.97 bits per heavy atom. The van der Waals surface area contributed by atoms with Crippen LogP contribution in [0.25, 0.3) is 11.2 Å². The molecular formula is C19H24N6O6. The van der Waals surface area contributed by atoms with Crippen molar-refractivity contribution in [2.24, 2.45) is 0 Å². The first-order chi connectivity index (χ1) is 14.9. The summed E-state index contributed by atoms with van der Waals surface area (Å²) in [5.41, 5.74) is 7.24. The highest BCUT2D eigenvalue weighted by Crippen LogP contribution is 2.32. The van der Waals surface area contributed by atoms with Crippen molar-refractivity contribution in [1.82, 2.24) is 19.5 Å². The Morgan fingerprint density at radius 3 is 2.61 bits per heavy atom. The van der Waals surface area contributed by atoms with Crippen LogP contribution >= 0.6 is 0 Å². The van der Waals surface area contributed by atoms with Gasteiger partial charge in [0.25, 0.3) is 0 Å². The molecule has 7 N–H and O–H groups in total. The van der Waals surface area contributed by atoms with Gasteiger partial charge in [0.1, 0.15) is 29.6 Å². The van der Waals surface area contributed by atoms with E-state index in [0.29, 0.717) is 16.8 Å². The quantitative estimate of drug-likeness (QED) is 0.274. The van der Waals surface area contributed by atoms with E-state index in [1.54, 1.807) is 31.4 Å². The normalized spacial score (nSPS) is 24.4. The SMILES string of the molecule is COc1ccc(C(O)CNc2nc(N)c3ncn([C@@H]4O[C@H](CO)C(O)C4O)c3n2)cc1. The lowest BCUT2D eigenvalue weighted by molar-refractivity contribution is -0.0511. The molecule has 3 unspecified atom stereocenters. The first-order valence-corrected chi connectivity index (χ1v) is 9.61.